The van der Waals surface area contributed by atoms with Crippen LogP contribution in [0.15, 0.2) is 51.7 Å². The molecule has 2 aromatic carbocycles. The second kappa shape index (κ2) is 5.10. The van der Waals surface area contributed by atoms with Crippen molar-refractivity contribution >= 4 is 56.5 Å². The third-order valence-corrected chi connectivity index (χ3v) is 5.20. The third kappa shape index (κ3) is 2.50. The Morgan fingerprint density at radius 2 is 1.89 bits per heavy atom. The minimum Gasteiger partial charge on any atom is -0.229 e. The van der Waals surface area contributed by atoms with E-state index in [2.05, 4.69) is 11.1 Å². The summed E-state index contributed by atoms with van der Waals surface area (Å²) < 4.78 is 2.17. The van der Waals surface area contributed by atoms with E-state index < -0.39 is 0 Å². The van der Waals surface area contributed by atoms with Crippen molar-refractivity contribution in [3.63, 3.8) is 0 Å². The summed E-state index contributed by atoms with van der Waals surface area (Å²) in [6, 6.07) is 13.6. The van der Waals surface area contributed by atoms with Crippen molar-refractivity contribution in [2.24, 2.45) is 0 Å². The molecule has 1 nitrogen and oxygen atoms in total. The molecular weight excluding hydrogens is 305 g/mol. The first-order chi connectivity index (χ1) is 8.72. The molecule has 3 aromatic rings. The van der Waals surface area contributed by atoms with Crippen LogP contribution in [0.2, 0.25) is 10.0 Å². The van der Waals surface area contributed by atoms with Gasteiger partial charge < -0.3 is 0 Å². The zero-order valence-corrected chi connectivity index (χ0v) is 12.2. The third-order valence-electron chi connectivity index (χ3n) is 2.37. The molecule has 0 aliphatic carbocycles. The molecule has 0 aliphatic rings. The Kier molecular flexibility index (Phi) is 3.48. The predicted molar refractivity (Wildman–Crippen MR) is 80.2 cm³/mol. The van der Waals surface area contributed by atoms with Gasteiger partial charge in [-0.3, -0.25) is 0 Å². The zero-order valence-electron chi connectivity index (χ0n) is 9.06. The zero-order chi connectivity index (χ0) is 12.5. The normalized spacial score (nSPS) is 11.0. The molecule has 0 fully saturated rings. The Hall–Kier alpha value is -0.740. The fourth-order valence-corrected chi connectivity index (χ4v) is 4.10. The lowest BCUT2D eigenvalue weighted by Crippen LogP contribution is -1.75. The van der Waals surface area contributed by atoms with Crippen LogP contribution in [-0.4, -0.2) is 4.98 Å². The van der Waals surface area contributed by atoms with Crippen molar-refractivity contribution in [1.82, 2.24) is 4.98 Å². The summed E-state index contributed by atoms with van der Waals surface area (Å²) in [6.07, 6.45) is 0. The number of halogens is 2. The van der Waals surface area contributed by atoms with E-state index in [0.29, 0.717) is 10.0 Å². The molecule has 0 radical (unpaired) electrons. The number of nitrogens with zero attached hydrogens (tertiary/aromatic N) is 1. The summed E-state index contributed by atoms with van der Waals surface area (Å²) in [5, 5.41) is 1.31. The lowest BCUT2D eigenvalue weighted by molar-refractivity contribution is 1.29. The van der Waals surface area contributed by atoms with E-state index in [0.717, 1.165) is 14.8 Å². The maximum Gasteiger partial charge on any atom is 0.155 e. The molecule has 18 heavy (non-hydrogen) atoms. The Labute approximate surface area is 123 Å². The molecule has 1 aromatic heterocycles. The van der Waals surface area contributed by atoms with Gasteiger partial charge in [-0.05, 0) is 30.3 Å². The quantitative estimate of drug-likeness (QED) is 0.597. The maximum absolute atomic E-state index is 6.15. The Balaban J connectivity index is 1.96. The molecular formula is C13H7Cl2NS2. The van der Waals surface area contributed by atoms with Gasteiger partial charge >= 0.3 is 0 Å². The van der Waals surface area contributed by atoms with Crippen LogP contribution in [0.5, 0.6) is 0 Å². The van der Waals surface area contributed by atoms with Gasteiger partial charge in [-0.1, -0.05) is 47.1 Å². The van der Waals surface area contributed by atoms with Crippen LogP contribution in [0.4, 0.5) is 0 Å². The summed E-state index contributed by atoms with van der Waals surface area (Å²) in [5.74, 6) is 0. The van der Waals surface area contributed by atoms with E-state index in [4.69, 9.17) is 23.2 Å². The molecule has 0 aliphatic heterocycles. The van der Waals surface area contributed by atoms with E-state index in [1.54, 1.807) is 29.2 Å². The summed E-state index contributed by atoms with van der Waals surface area (Å²) in [7, 11) is 0. The molecule has 0 N–H and O–H groups in total. The smallest absolute Gasteiger partial charge is 0.155 e. The number of hydrogen-bond donors (Lipinski definition) is 0. The van der Waals surface area contributed by atoms with Gasteiger partial charge in [0, 0.05) is 9.92 Å². The number of hydrogen-bond acceptors (Lipinski definition) is 3. The van der Waals surface area contributed by atoms with Crippen LogP contribution in [0.25, 0.3) is 10.2 Å². The van der Waals surface area contributed by atoms with Crippen molar-refractivity contribution in [2.75, 3.05) is 0 Å². The highest BCUT2D eigenvalue weighted by Gasteiger charge is 2.08. The van der Waals surface area contributed by atoms with Gasteiger partial charge in [-0.15, -0.1) is 11.3 Å². The first-order valence-corrected chi connectivity index (χ1v) is 7.60. The van der Waals surface area contributed by atoms with E-state index >= 15 is 0 Å². The summed E-state index contributed by atoms with van der Waals surface area (Å²) >= 11 is 15.3. The number of aromatic nitrogens is 1. The van der Waals surface area contributed by atoms with Gasteiger partial charge in [0.05, 0.1) is 15.2 Å². The topological polar surface area (TPSA) is 12.9 Å². The lowest BCUT2D eigenvalue weighted by atomic mass is 10.3. The largest absolute Gasteiger partial charge is 0.229 e. The number of rotatable bonds is 2. The fourth-order valence-electron chi connectivity index (χ4n) is 1.55. The van der Waals surface area contributed by atoms with E-state index in [9.17, 15) is 0 Å². The molecule has 0 unspecified atom stereocenters. The Morgan fingerprint density at radius 3 is 2.67 bits per heavy atom. The summed E-state index contributed by atoms with van der Waals surface area (Å²) in [4.78, 5) is 5.53. The number of fused-ring (bicyclic) bond motifs is 1. The highest BCUT2D eigenvalue weighted by atomic mass is 35.5. The van der Waals surface area contributed by atoms with Gasteiger partial charge in [0.1, 0.15) is 0 Å². The van der Waals surface area contributed by atoms with Crippen molar-refractivity contribution in [3.8, 4) is 0 Å². The fraction of sp³-hybridized carbons (Fsp3) is 0. The highest BCUT2D eigenvalue weighted by Crippen LogP contribution is 2.38. The molecule has 0 bridgehead atoms. The van der Waals surface area contributed by atoms with Gasteiger partial charge in [0.15, 0.2) is 4.34 Å². The van der Waals surface area contributed by atoms with E-state index in [1.807, 2.05) is 30.3 Å². The van der Waals surface area contributed by atoms with Gasteiger partial charge in [-0.2, -0.15) is 0 Å². The first kappa shape index (κ1) is 12.3. The van der Waals surface area contributed by atoms with Crippen molar-refractivity contribution < 1.29 is 0 Å². The lowest BCUT2D eigenvalue weighted by Gasteiger charge is -2.00. The highest BCUT2D eigenvalue weighted by molar-refractivity contribution is 8.01. The SMILES string of the molecule is Clc1ccc(Sc2nc3ccccc3s2)c(Cl)c1. The summed E-state index contributed by atoms with van der Waals surface area (Å²) in [5.41, 5.74) is 1.02. The van der Waals surface area contributed by atoms with Crippen LogP contribution in [0, 0.1) is 0 Å². The van der Waals surface area contributed by atoms with Crippen LogP contribution in [0.3, 0.4) is 0 Å². The predicted octanol–water partition coefficient (Wildman–Crippen LogP) is 5.75. The standard InChI is InChI=1S/C13H7Cl2NS2/c14-8-5-6-11(9(15)7-8)17-13-16-10-3-1-2-4-12(10)18-13/h1-7H. The van der Waals surface area contributed by atoms with Crippen LogP contribution in [0.1, 0.15) is 0 Å². The van der Waals surface area contributed by atoms with Crippen molar-refractivity contribution in [2.45, 2.75) is 9.24 Å². The van der Waals surface area contributed by atoms with Gasteiger partial charge in [0.25, 0.3) is 0 Å². The summed E-state index contributed by atoms with van der Waals surface area (Å²) in [6.45, 7) is 0. The number of para-hydroxylation sites is 1. The molecule has 0 amide bonds. The average Bonchev–Trinajstić information content (AvgIpc) is 2.75. The first-order valence-electron chi connectivity index (χ1n) is 5.21. The molecule has 90 valence electrons. The van der Waals surface area contributed by atoms with Crippen molar-refractivity contribution in [1.29, 1.82) is 0 Å². The van der Waals surface area contributed by atoms with Crippen LogP contribution < -0.4 is 0 Å². The van der Waals surface area contributed by atoms with E-state index in [1.165, 1.54) is 4.70 Å². The molecule has 0 spiro atoms. The molecule has 0 atom stereocenters. The molecule has 0 saturated carbocycles. The molecule has 0 saturated heterocycles. The number of benzene rings is 2. The Morgan fingerprint density at radius 1 is 1.06 bits per heavy atom. The molecule has 3 rings (SSSR count). The average molecular weight is 312 g/mol. The molecule has 1 heterocycles. The van der Waals surface area contributed by atoms with Gasteiger partial charge in [-0.25, -0.2) is 4.98 Å². The van der Waals surface area contributed by atoms with E-state index in [-0.39, 0.29) is 0 Å². The monoisotopic (exact) mass is 311 g/mol. The minimum absolute atomic E-state index is 0.647. The molecule has 5 heteroatoms. The second-order valence-corrected chi connectivity index (χ2v) is 6.79. The second-order valence-electron chi connectivity index (χ2n) is 3.62. The van der Waals surface area contributed by atoms with Crippen LogP contribution >= 0.6 is 46.3 Å². The Bertz CT molecular complexity index is 676. The van der Waals surface area contributed by atoms with Gasteiger partial charge in [0.2, 0.25) is 0 Å². The maximum atomic E-state index is 6.15. The number of thiazole rings is 1. The van der Waals surface area contributed by atoms with Crippen molar-refractivity contribution in [3.05, 3.63) is 52.5 Å². The minimum atomic E-state index is 0.647. The van der Waals surface area contributed by atoms with Crippen LogP contribution in [-0.2, 0) is 0 Å².